The molecular weight excluding hydrogens is 493 g/mol. The molecule has 0 unspecified atom stereocenters. The standard InChI is InChI=1S/C28H25F3N6O/c1-17(2)24-22(4-3-10-32-24)25-33-12-20-9-11-36(26(20)35-25)13-18-5-7-19(8-6-18)27-34-23(28(29,30)31)14-37(27)21-15-38-16-21/h3-12,14,17,21H,13,15-16H2,1-2H3. The van der Waals surface area contributed by atoms with Crippen molar-refractivity contribution in [3.63, 3.8) is 0 Å². The van der Waals surface area contributed by atoms with Crippen LogP contribution in [0.1, 0.15) is 42.8 Å². The highest BCUT2D eigenvalue weighted by Gasteiger charge is 2.36. The molecule has 1 aliphatic heterocycles. The largest absolute Gasteiger partial charge is 0.434 e. The van der Waals surface area contributed by atoms with E-state index in [0.29, 0.717) is 37.0 Å². The van der Waals surface area contributed by atoms with E-state index in [2.05, 4.69) is 28.8 Å². The summed E-state index contributed by atoms with van der Waals surface area (Å²) in [6, 6.07) is 13.1. The fourth-order valence-electron chi connectivity index (χ4n) is 4.66. The van der Waals surface area contributed by atoms with Crippen molar-refractivity contribution >= 4 is 11.0 Å². The first-order valence-electron chi connectivity index (χ1n) is 12.4. The number of alkyl halides is 3. The van der Waals surface area contributed by atoms with Crippen molar-refractivity contribution in [3.8, 4) is 22.8 Å². The molecule has 7 nitrogen and oxygen atoms in total. The molecular formula is C28H25F3N6O. The highest BCUT2D eigenvalue weighted by atomic mass is 19.4. The van der Waals surface area contributed by atoms with Gasteiger partial charge in [-0.2, -0.15) is 13.2 Å². The summed E-state index contributed by atoms with van der Waals surface area (Å²) in [5, 5.41) is 0.921. The van der Waals surface area contributed by atoms with Gasteiger partial charge in [0, 0.05) is 47.8 Å². The number of hydrogen-bond donors (Lipinski definition) is 0. The Hall–Kier alpha value is -4.05. The second kappa shape index (κ2) is 9.36. The van der Waals surface area contributed by atoms with Crippen molar-refractivity contribution in [2.24, 2.45) is 0 Å². The number of pyridine rings is 1. The van der Waals surface area contributed by atoms with Gasteiger partial charge in [0.25, 0.3) is 0 Å². The first-order chi connectivity index (χ1) is 18.3. The van der Waals surface area contributed by atoms with Gasteiger partial charge in [-0.1, -0.05) is 38.1 Å². The summed E-state index contributed by atoms with van der Waals surface area (Å²) in [7, 11) is 0. The van der Waals surface area contributed by atoms with Gasteiger partial charge in [-0.15, -0.1) is 0 Å². The molecule has 0 saturated carbocycles. The number of aromatic nitrogens is 6. The Bertz CT molecular complexity index is 1600. The van der Waals surface area contributed by atoms with Crippen molar-refractivity contribution in [2.75, 3.05) is 13.2 Å². The van der Waals surface area contributed by atoms with E-state index >= 15 is 0 Å². The number of imidazole rings is 1. The normalized spacial score (nSPS) is 14.4. The van der Waals surface area contributed by atoms with Gasteiger partial charge in [-0.25, -0.2) is 15.0 Å². The Morgan fingerprint density at radius 2 is 1.82 bits per heavy atom. The number of nitrogens with zero attached hydrogens (tertiary/aromatic N) is 6. The zero-order chi connectivity index (χ0) is 26.4. The monoisotopic (exact) mass is 518 g/mol. The molecule has 0 amide bonds. The number of halogens is 3. The van der Waals surface area contributed by atoms with Crippen LogP contribution < -0.4 is 0 Å². The fourth-order valence-corrected chi connectivity index (χ4v) is 4.66. The van der Waals surface area contributed by atoms with E-state index in [1.165, 1.54) is 0 Å². The third-order valence-electron chi connectivity index (χ3n) is 6.73. The predicted molar refractivity (Wildman–Crippen MR) is 136 cm³/mol. The van der Waals surface area contributed by atoms with Crippen LogP contribution in [0.2, 0.25) is 0 Å². The van der Waals surface area contributed by atoms with E-state index in [0.717, 1.165) is 34.1 Å². The van der Waals surface area contributed by atoms with Crippen molar-refractivity contribution < 1.29 is 17.9 Å². The fraction of sp³-hybridized carbons (Fsp3) is 0.286. The maximum atomic E-state index is 13.4. The van der Waals surface area contributed by atoms with E-state index < -0.39 is 11.9 Å². The van der Waals surface area contributed by atoms with Gasteiger partial charge in [0.05, 0.1) is 24.9 Å². The Kier molecular flexibility index (Phi) is 5.98. The lowest BCUT2D eigenvalue weighted by molar-refractivity contribution is -0.141. The van der Waals surface area contributed by atoms with E-state index in [9.17, 15) is 13.2 Å². The van der Waals surface area contributed by atoms with E-state index in [4.69, 9.17) is 9.72 Å². The lowest BCUT2D eigenvalue weighted by Crippen LogP contribution is -2.30. The molecule has 4 aromatic heterocycles. The van der Waals surface area contributed by atoms with Gasteiger partial charge in [-0.05, 0) is 29.7 Å². The lowest BCUT2D eigenvalue weighted by atomic mass is 10.0. The van der Waals surface area contributed by atoms with Crippen LogP contribution in [-0.2, 0) is 17.5 Å². The van der Waals surface area contributed by atoms with Gasteiger partial charge >= 0.3 is 6.18 Å². The SMILES string of the molecule is CC(C)c1ncccc1-c1ncc2ccn(Cc3ccc(-c4nc(C(F)(F)F)cn4C4COC4)cc3)c2n1. The second-order valence-corrected chi connectivity index (χ2v) is 9.75. The van der Waals surface area contributed by atoms with E-state index in [-0.39, 0.29) is 12.0 Å². The average molecular weight is 519 g/mol. The Morgan fingerprint density at radius 1 is 1.03 bits per heavy atom. The van der Waals surface area contributed by atoms with Crippen molar-refractivity contribution in [1.29, 1.82) is 0 Å². The maximum absolute atomic E-state index is 13.4. The first-order valence-corrected chi connectivity index (χ1v) is 12.4. The molecule has 0 aliphatic carbocycles. The van der Waals surface area contributed by atoms with Crippen LogP contribution in [0.4, 0.5) is 13.2 Å². The molecule has 0 spiro atoms. The molecule has 194 valence electrons. The number of benzene rings is 1. The number of ether oxygens (including phenoxy) is 1. The predicted octanol–water partition coefficient (Wildman–Crippen LogP) is 6.12. The molecule has 10 heteroatoms. The van der Waals surface area contributed by atoms with Crippen molar-refractivity contribution in [1.82, 2.24) is 29.1 Å². The van der Waals surface area contributed by atoms with Crippen LogP contribution in [0.25, 0.3) is 33.8 Å². The van der Waals surface area contributed by atoms with Crippen LogP contribution in [-0.4, -0.2) is 42.3 Å². The van der Waals surface area contributed by atoms with Gasteiger partial charge in [-0.3, -0.25) is 4.98 Å². The highest BCUT2D eigenvalue weighted by Crippen LogP contribution is 2.34. The molecule has 1 fully saturated rings. The number of rotatable bonds is 6. The number of hydrogen-bond acceptors (Lipinski definition) is 5. The van der Waals surface area contributed by atoms with E-state index in [1.807, 2.05) is 59.4 Å². The molecule has 0 radical (unpaired) electrons. The third kappa shape index (κ3) is 4.45. The number of fused-ring (bicyclic) bond motifs is 1. The van der Waals surface area contributed by atoms with Crippen LogP contribution in [0, 0.1) is 0 Å². The molecule has 5 aromatic rings. The summed E-state index contributed by atoms with van der Waals surface area (Å²) in [5.41, 5.74) is 3.36. The Labute approximate surface area is 217 Å². The molecule has 1 saturated heterocycles. The van der Waals surface area contributed by atoms with Gasteiger partial charge in [0.1, 0.15) is 11.5 Å². The molecule has 0 bridgehead atoms. The third-order valence-corrected chi connectivity index (χ3v) is 6.73. The van der Waals surface area contributed by atoms with Crippen molar-refractivity contribution in [2.45, 2.75) is 38.5 Å². The van der Waals surface area contributed by atoms with Gasteiger partial charge < -0.3 is 13.9 Å². The van der Waals surface area contributed by atoms with E-state index in [1.54, 1.807) is 10.8 Å². The second-order valence-electron chi connectivity index (χ2n) is 9.75. The zero-order valence-electron chi connectivity index (χ0n) is 20.9. The average Bonchev–Trinajstić information content (AvgIpc) is 3.48. The minimum atomic E-state index is -4.51. The maximum Gasteiger partial charge on any atom is 0.434 e. The smallest absolute Gasteiger partial charge is 0.377 e. The minimum Gasteiger partial charge on any atom is -0.377 e. The summed E-state index contributed by atoms with van der Waals surface area (Å²) in [5.74, 6) is 1.14. The minimum absolute atomic E-state index is 0.149. The Morgan fingerprint density at radius 3 is 2.50 bits per heavy atom. The molecule has 5 heterocycles. The molecule has 6 rings (SSSR count). The van der Waals surface area contributed by atoms with Crippen LogP contribution >= 0.6 is 0 Å². The summed E-state index contributed by atoms with van der Waals surface area (Å²) in [6.07, 6.45) is 2.12. The summed E-state index contributed by atoms with van der Waals surface area (Å²) >= 11 is 0. The summed E-state index contributed by atoms with van der Waals surface area (Å²) in [6.45, 7) is 5.48. The molecule has 38 heavy (non-hydrogen) atoms. The summed E-state index contributed by atoms with van der Waals surface area (Å²) in [4.78, 5) is 17.9. The molecule has 0 N–H and O–H groups in total. The van der Waals surface area contributed by atoms with Gasteiger partial charge in [0.15, 0.2) is 11.5 Å². The lowest BCUT2D eigenvalue weighted by Gasteiger charge is -2.28. The molecule has 1 aromatic carbocycles. The summed E-state index contributed by atoms with van der Waals surface area (Å²) < 4.78 is 48.9. The molecule has 1 aliphatic rings. The van der Waals surface area contributed by atoms with Crippen LogP contribution in [0.15, 0.2) is 67.3 Å². The zero-order valence-corrected chi connectivity index (χ0v) is 20.9. The Balaban J connectivity index is 1.30. The molecule has 0 atom stereocenters. The van der Waals surface area contributed by atoms with Crippen LogP contribution in [0.3, 0.4) is 0 Å². The first kappa shape index (κ1) is 24.3. The van der Waals surface area contributed by atoms with Crippen LogP contribution in [0.5, 0.6) is 0 Å². The van der Waals surface area contributed by atoms with Crippen molar-refractivity contribution in [3.05, 3.63) is 84.2 Å². The quantitative estimate of drug-likeness (QED) is 0.271. The highest BCUT2D eigenvalue weighted by molar-refractivity contribution is 5.78. The van der Waals surface area contributed by atoms with Gasteiger partial charge in [0.2, 0.25) is 0 Å². The topological polar surface area (TPSA) is 70.7 Å².